The van der Waals surface area contributed by atoms with E-state index in [-0.39, 0.29) is 16.7 Å². The van der Waals surface area contributed by atoms with Crippen LogP contribution in [0, 0.1) is 17.0 Å². The summed E-state index contributed by atoms with van der Waals surface area (Å²) < 4.78 is 0. The van der Waals surface area contributed by atoms with Gasteiger partial charge in [-0.2, -0.15) is 0 Å². The van der Waals surface area contributed by atoms with Crippen LogP contribution in [-0.4, -0.2) is 12.0 Å². The molecule has 4 nitrogen and oxygen atoms in total. The molecule has 0 bridgehead atoms. The molecule has 106 valence electrons. The predicted octanol–water partition coefficient (Wildman–Crippen LogP) is 4.12. The van der Waals surface area contributed by atoms with E-state index >= 15 is 0 Å². The fraction of sp³-hybridized carbons (Fsp3) is 0.286. The summed E-state index contributed by atoms with van der Waals surface area (Å²) in [7, 11) is 1.84. The largest absolute Gasteiger partial charge is 0.312 e. The average Bonchev–Trinajstić information content (AvgIpc) is 2.77. The van der Waals surface area contributed by atoms with Crippen molar-refractivity contribution in [3.05, 3.63) is 60.8 Å². The molecule has 1 unspecified atom stereocenters. The van der Waals surface area contributed by atoms with Crippen molar-refractivity contribution in [2.24, 2.45) is 0 Å². The van der Waals surface area contributed by atoms with Crippen LogP contribution in [0.15, 0.2) is 29.6 Å². The van der Waals surface area contributed by atoms with Gasteiger partial charge in [-0.05, 0) is 31.3 Å². The van der Waals surface area contributed by atoms with Crippen molar-refractivity contribution in [3.8, 4) is 0 Å². The fourth-order valence-corrected chi connectivity index (χ4v) is 3.53. The van der Waals surface area contributed by atoms with E-state index in [1.54, 1.807) is 23.5 Å². The molecule has 2 aromatic rings. The first-order chi connectivity index (χ1) is 9.54. The third kappa shape index (κ3) is 3.00. The number of likely N-dealkylation sites (N-methyl/N-ethyl adjacent to an activating group) is 1. The van der Waals surface area contributed by atoms with Crippen LogP contribution in [0.4, 0.5) is 5.69 Å². The summed E-state index contributed by atoms with van der Waals surface area (Å²) >= 11 is 7.87. The molecule has 0 fully saturated rings. The van der Waals surface area contributed by atoms with Gasteiger partial charge in [0.15, 0.2) is 0 Å². The highest BCUT2D eigenvalue weighted by Crippen LogP contribution is 2.35. The summed E-state index contributed by atoms with van der Waals surface area (Å²) in [5.41, 5.74) is 1.89. The zero-order valence-electron chi connectivity index (χ0n) is 11.2. The second-order valence-corrected chi connectivity index (χ2v) is 5.82. The Morgan fingerprint density at radius 1 is 1.45 bits per heavy atom. The number of hydrogen-bond donors (Lipinski definition) is 1. The molecule has 1 aromatic heterocycles. The Morgan fingerprint density at radius 3 is 2.70 bits per heavy atom. The number of nitro groups is 1. The van der Waals surface area contributed by atoms with E-state index in [4.69, 9.17) is 11.6 Å². The molecule has 2 rings (SSSR count). The molecule has 0 amide bonds. The Morgan fingerprint density at radius 2 is 2.15 bits per heavy atom. The van der Waals surface area contributed by atoms with Crippen LogP contribution in [0.5, 0.6) is 0 Å². The Hall–Kier alpha value is -1.43. The van der Waals surface area contributed by atoms with E-state index in [2.05, 4.69) is 5.32 Å². The minimum atomic E-state index is -0.344. The fourth-order valence-electron chi connectivity index (χ4n) is 2.09. The summed E-state index contributed by atoms with van der Waals surface area (Å²) in [4.78, 5) is 11.7. The Labute approximate surface area is 126 Å². The highest BCUT2D eigenvalue weighted by molar-refractivity contribution is 7.10. The smallest absolute Gasteiger partial charge is 0.272 e. The summed E-state index contributed by atoms with van der Waals surface area (Å²) in [6.07, 6.45) is 0.535. The molecule has 0 aliphatic rings. The molecular weight excluding hydrogens is 296 g/mol. The van der Waals surface area contributed by atoms with Crippen LogP contribution < -0.4 is 5.32 Å². The number of hydrogen-bond acceptors (Lipinski definition) is 4. The third-order valence-electron chi connectivity index (χ3n) is 3.20. The van der Waals surface area contributed by atoms with Gasteiger partial charge in [-0.3, -0.25) is 10.1 Å². The van der Waals surface area contributed by atoms with Crippen LogP contribution in [-0.2, 0) is 6.42 Å². The average molecular weight is 311 g/mol. The van der Waals surface area contributed by atoms with Crippen LogP contribution in [0.25, 0.3) is 0 Å². The number of aryl methyl sites for hydroxylation is 1. The number of nitrogens with one attached hydrogen (secondary N) is 1. The molecule has 0 radical (unpaired) electrons. The number of nitro benzene ring substituents is 1. The summed E-state index contributed by atoms with van der Waals surface area (Å²) in [5, 5.41) is 17.0. The molecule has 1 atom stereocenters. The molecule has 1 heterocycles. The van der Waals surface area contributed by atoms with Gasteiger partial charge in [0.05, 0.1) is 9.95 Å². The predicted molar refractivity (Wildman–Crippen MR) is 82.7 cm³/mol. The number of rotatable bonds is 5. The van der Waals surface area contributed by atoms with Crippen molar-refractivity contribution < 1.29 is 4.92 Å². The summed E-state index contributed by atoms with van der Waals surface area (Å²) in [5.74, 6) is 0. The minimum Gasteiger partial charge on any atom is -0.312 e. The van der Waals surface area contributed by atoms with Gasteiger partial charge in [0.2, 0.25) is 0 Å². The molecular formula is C14H15ClN2O2S. The topological polar surface area (TPSA) is 55.2 Å². The quantitative estimate of drug-likeness (QED) is 0.667. The molecule has 20 heavy (non-hydrogen) atoms. The van der Waals surface area contributed by atoms with Crippen LogP contribution >= 0.6 is 22.9 Å². The SMILES string of the molecule is CNC(Cc1ccccc1[N+](=O)[O-])c1scc(C)c1Cl. The third-order valence-corrected chi connectivity index (χ3v) is 5.03. The number of para-hydroxylation sites is 1. The number of halogens is 1. The van der Waals surface area contributed by atoms with E-state index in [0.717, 1.165) is 15.5 Å². The van der Waals surface area contributed by atoms with Crippen molar-refractivity contribution in [1.82, 2.24) is 5.32 Å². The lowest BCUT2D eigenvalue weighted by molar-refractivity contribution is -0.385. The lowest BCUT2D eigenvalue weighted by Gasteiger charge is -2.15. The zero-order valence-corrected chi connectivity index (χ0v) is 12.8. The molecule has 0 saturated heterocycles. The Kier molecular flexibility index (Phi) is 4.75. The molecule has 6 heteroatoms. The maximum absolute atomic E-state index is 11.1. The minimum absolute atomic E-state index is 0.0256. The van der Waals surface area contributed by atoms with Crippen molar-refractivity contribution in [1.29, 1.82) is 0 Å². The van der Waals surface area contributed by atoms with Crippen molar-refractivity contribution in [2.45, 2.75) is 19.4 Å². The summed E-state index contributed by atoms with van der Waals surface area (Å²) in [6, 6.07) is 6.79. The number of benzene rings is 1. The van der Waals surface area contributed by atoms with Gasteiger partial charge < -0.3 is 5.32 Å². The Bertz CT molecular complexity index is 627. The first kappa shape index (κ1) is 15.0. The van der Waals surface area contributed by atoms with E-state index in [1.165, 1.54) is 6.07 Å². The normalized spacial score (nSPS) is 12.3. The van der Waals surface area contributed by atoms with Gasteiger partial charge in [0.25, 0.3) is 5.69 Å². The van der Waals surface area contributed by atoms with E-state index in [9.17, 15) is 10.1 Å². The van der Waals surface area contributed by atoms with Crippen molar-refractivity contribution in [3.63, 3.8) is 0 Å². The molecule has 1 aromatic carbocycles. The van der Waals surface area contributed by atoms with Crippen LogP contribution in [0.2, 0.25) is 5.02 Å². The molecule has 0 aliphatic heterocycles. The number of nitrogens with zero attached hydrogens (tertiary/aromatic N) is 1. The van der Waals surface area contributed by atoms with Crippen molar-refractivity contribution in [2.75, 3.05) is 7.05 Å². The van der Waals surface area contributed by atoms with Crippen LogP contribution in [0.3, 0.4) is 0 Å². The first-order valence-corrected chi connectivity index (χ1v) is 7.43. The van der Waals surface area contributed by atoms with Gasteiger partial charge in [-0.1, -0.05) is 29.8 Å². The van der Waals surface area contributed by atoms with Gasteiger partial charge >= 0.3 is 0 Å². The second-order valence-electron chi connectivity index (χ2n) is 4.53. The lowest BCUT2D eigenvalue weighted by Crippen LogP contribution is -2.18. The molecule has 1 N–H and O–H groups in total. The highest BCUT2D eigenvalue weighted by Gasteiger charge is 2.21. The monoisotopic (exact) mass is 310 g/mol. The molecule has 0 saturated carbocycles. The van der Waals surface area contributed by atoms with Crippen LogP contribution in [0.1, 0.15) is 22.0 Å². The van der Waals surface area contributed by atoms with Crippen molar-refractivity contribution >= 4 is 28.6 Å². The lowest BCUT2D eigenvalue weighted by atomic mass is 10.0. The number of thiophene rings is 1. The van der Waals surface area contributed by atoms with Gasteiger partial charge in [-0.15, -0.1) is 11.3 Å². The van der Waals surface area contributed by atoms with Gasteiger partial charge in [-0.25, -0.2) is 0 Å². The highest BCUT2D eigenvalue weighted by atomic mass is 35.5. The first-order valence-electron chi connectivity index (χ1n) is 6.17. The van der Waals surface area contributed by atoms with Gasteiger partial charge in [0.1, 0.15) is 0 Å². The maximum Gasteiger partial charge on any atom is 0.272 e. The maximum atomic E-state index is 11.1. The van der Waals surface area contributed by atoms with E-state index in [0.29, 0.717) is 12.0 Å². The zero-order chi connectivity index (χ0) is 14.7. The Balaban J connectivity index is 2.32. The molecule has 0 spiro atoms. The molecule has 0 aliphatic carbocycles. The van der Waals surface area contributed by atoms with E-state index < -0.39 is 0 Å². The second kappa shape index (κ2) is 6.35. The standard InChI is InChI=1S/C14H15ClN2O2S/c1-9-8-20-14(13(9)15)11(16-2)7-10-5-3-4-6-12(10)17(18)19/h3-6,8,11,16H,7H2,1-2H3. The van der Waals surface area contributed by atoms with Gasteiger partial charge in [0, 0.05) is 22.5 Å². The summed E-state index contributed by atoms with van der Waals surface area (Å²) in [6.45, 7) is 1.96. The van der Waals surface area contributed by atoms with E-state index in [1.807, 2.05) is 25.4 Å².